The molecule has 12 aromatic rings. The highest BCUT2D eigenvalue weighted by atomic mass is 19.3. The van der Waals surface area contributed by atoms with Gasteiger partial charge in [-0.2, -0.15) is 30.6 Å². The molecule has 12 fully saturated rings. The number of alkyl halides is 5. The van der Waals surface area contributed by atoms with E-state index in [4.69, 9.17) is 24.9 Å². The van der Waals surface area contributed by atoms with Gasteiger partial charge in [0.2, 0.25) is 0 Å². The Hall–Kier alpha value is -10.5. The van der Waals surface area contributed by atoms with Crippen LogP contribution in [0.1, 0.15) is 330 Å². The van der Waals surface area contributed by atoms with Crippen LogP contribution in [-0.4, -0.2) is 236 Å². The molecule has 17 heterocycles. The average Bonchev–Trinajstić information content (AvgIpc) is 1.62. The van der Waals surface area contributed by atoms with Crippen molar-refractivity contribution in [3.63, 3.8) is 0 Å². The van der Waals surface area contributed by atoms with E-state index in [1.807, 2.05) is 18.7 Å². The molecule has 8 N–H and O–H groups in total. The van der Waals surface area contributed by atoms with E-state index in [2.05, 4.69) is 81.0 Å². The summed E-state index contributed by atoms with van der Waals surface area (Å²) in [5, 5.41) is 36.7. The van der Waals surface area contributed by atoms with E-state index < -0.39 is 18.0 Å². The van der Waals surface area contributed by atoms with Crippen molar-refractivity contribution in [2.75, 3.05) is 85.1 Å². The maximum absolute atomic E-state index is 13.4. The number of hydrogen-bond acceptors (Lipinski definition) is 23. The Morgan fingerprint density at radius 2 is 0.521 bits per heavy atom. The Labute approximate surface area is 833 Å². The van der Waals surface area contributed by atoms with Crippen molar-refractivity contribution < 1.29 is 22.0 Å². The third kappa shape index (κ3) is 25.7. The van der Waals surface area contributed by atoms with Gasteiger partial charge in [0.05, 0.1) is 86.5 Å². The standard InChI is InChI=1S/C19H27F2N5O.C19H28FN5O.C18H25F2N5O.C17H24N4O.C16H23N5O.C15H21N5O/c1-19(20,21)12-25-8-4-7-14(11-25)26-17-15(10-22-26)18(27)24-16(23-17)9-13-5-2-3-6-13;1-13(20)11-24-8-4-7-15(12-24)25-18-16(10-21-25)19(26)23-17(22-18)9-14-5-2-3-6-14;1-18(19,20)11-24-7-3-6-13(10-24)25-16-14(9-21-25)17(26)23-15(22-16)8-12-4-2-5-12;22-17-14-11-18-21(13-8-2-1-3-9-13)16(14)19-15(20-17)10-12-6-4-5-7-12;22-16-13-10-18-21(12-5-7-17-8-6-12)15(13)19-14(20-16)9-11-3-1-2-4-11;21-15-12-9-17-20(11-5-6-16-8-11)14(12)18-13(19-15)7-10-3-1-2-4-10/h10,13-14H,2-9,11-12H2,1H3,(H,23,24,27);10,13-15H,2-9,11-12H2,1H3,(H,22,23,26);9,12-13H,2-8,10-11H2,1H3,(H,22,23,26);11-13H,1-10H2,(H,19,20,22);10-12,17H,1-9H2,(H,19,20,22);9-11,16H,1-8H2,(H,18,19,21). The minimum atomic E-state index is -2.71. The van der Waals surface area contributed by atoms with Crippen LogP contribution in [0.2, 0.25) is 0 Å². The second-order valence-electron chi connectivity index (χ2n) is 44.3. The molecule has 7 saturated carbocycles. The molecule has 0 radical (unpaired) electrons. The van der Waals surface area contributed by atoms with Crippen LogP contribution in [0.15, 0.2) is 65.9 Å². The van der Waals surface area contributed by atoms with Crippen LogP contribution in [0.25, 0.3) is 66.2 Å². The summed E-state index contributed by atoms with van der Waals surface area (Å²) >= 11 is 0. The largest absolute Gasteiger partial charge is 0.317 e. The van der Waals surface area contributed by atoms with Crippen molar-refractivity contribution in [2.24, 2.45) is 35.5 Å². The van der Waals surface area contributed by atoms with Crippen molar-refractivity contribution in [3.8, 4) is 0 Å². The number of halogens is 5. The predicted octanol–water partition coefficient (Wildman–Crippen LogP) is 15.3. The molecular formula is C104H148F5N29O6. The van der Waals surface area contributed by atoms with Gasteiger partial charge < -0.3 is 40.5 Å². The first kappa shape index (κ1) is 102. The molecule has 40 heteroatoms. The maximum atomic E-state index is 13.4. The van der Waals surface area contributed by atoms with E-state index in [0.717, 1.165) is 203 Å². The molecule has 5 aliphatic heterocycles. The van der Waals surface area contributed by atoms with Crippen LogP contribution in [-0.2, 0) is 38.5 Å². The zero-order valence-electron chi connectivity index (χ0n) is 84.3. The van der Waals surface area contributed by atoms with Gasteiger partial charge in [0.15, 0.2) is 33.9 Å². The summed E-state index contributed by atoms with van der Waals surface area (Å²) in [7, 11) is 0. The molecule has 7 aliphatic carbocycles. The predicted molar refractivity (Wildman–Crippen MR) is 544 cm³/mol. The van der Waals surface area contributed by atoms with Gasteiger partial charge in [-0.15, -0.1) is 0 Å². The number of fused-ring (bicyclic) bond motifs is 6. The molecule has 144 heavy (non-hydrogen) atoms. The number of nitrogens with zero attached hydrogens (tertiary/aromatic N) is 21. The number of likely N-dealkylation sites (tertiary alicyclic amines) is 3. The summed E-state index contributed by atoms with van der Waals surface area (Å²) < 4.78 is 78.3. The Kier molecular flexibility index (Phi) is 33.2. The fourth-order valence-corrected chi connectivity index (χ4v) is 25.0. The molecular weight excluding hydrogens is 1850 g/mol. The lowest BCUT2D eigenvalue weighted by Gasteiger charge is -2.34. The van der Waals surface area contributed by atoms with Gasteiger partial charge in [0.25, 0.3) is 45.2 Å². The lowest BCUT2D eigenvalue weighted by Crippen LogP contribution is -2.42. The second-order valence-corrected chi connectivity index (χ2v) is 44.3. The van der Waals surface area contributed by atoms with E-state index in [1.54, 1.807) is 63.3 Å². The van der Waals surface area contributed by atoms with Crippen LogP contribution in [0.4, 0.5) is 22.0 Å². The van der Waals surface area contributed by atoms with Gasteiger partial charge >= 0.3 is 0 Å². The number of aromatic nitrogens is 24. The molecule has 5 saturated heterocycles. The number of hydrogen-bond donors (Lipinski definition) is 8. The maximum Gasteiger partial charge on any atom is 0.262 e. The lowest BCUT2D eigenvalue weighted by atomic mass is 9.83. The van der Waals surface area contributed by atoms with Gasteiger partial charge in [-0.1, -0.05) is 167 Å². The van der Waals surface area contributed by atoms with Gasteiger partial charge in [0, 0.05) is 85.1 Å². The van der Waals surface area contributed by atoms with Crippen molar-refractivity contribution in [1.82, 2.24) is 144 Å². The van der Waals surface area contributed by atoms with E-state index >= 15 is 0 Å². The van der Waals surface area contributed by atoms with Gasteiger partial charge in [-0.05, 0) is 152 Å². The van der Waals surface area contributed by atoms with Crippen LogP contribution in [0.3, 0.4) is 0 Å². The Balaban J connectivity index is 0.000000110. The zero-order chi connectivity index (χ0) is 99.5. The van der Waals surface area contributed by atoms with Gasteiger partial charge in [-0.3, -0.25) is 43.5 Å². The second kappa shape index (κ2) is 46.7. The third-order valence-corrected chi connectivity index (χ3v) is 32.5. The van der Waals surface area contributed by atoms with Crippen LogP contribution >= 0.6 is 0 Å². The molecule has 780 valence electrons. The molecule has 0 bridgehead atoms. The number of nitrogens with one attached hydrogen (secondary N) is 8. The van der Waals surface area contributed by atoms with Gasteiger partial charge in [-0.25, -0.2) is 79.9 Å². The van der Waals surface area contributed by atoms with Crippen LogP contribution in [0.5, 0.6) is 0 Å². The molecule has 12 aromatic heterocycles. The molecule has 5 unspecified atom stereocenters. The quantitative estimate of drug-likeness (QED) is 0.0260. The molecule has 0 aromatic carbocycles. The molecule has 24 rings (SSSR count). The first-order chi connectivity index (χ1) is 69.8. The Morgan fingerprint density at radius 3 is 0.778 bits per heavy atom. The third-order valence-electron chi connectivity index (χ3n) is 32.5. The molecule has 12 aliphatic rings. The summed E-state index contributed by atoms with van der Waals surface area (Å²) in [6.45, 7) is 11.4. The Bertz CT molecular complexity index is 6510. The van der Waals surface area contributed by atoms with Gasteiger partial charge in [0.1, 0.15) is 73.4 Å². The minimum absolute atomic E-state index is 0.0277. The van der Waals surface area contributed by atoms with Crippen LogP contribution in [0, 0.1) is 35.5 Å². The SMILES string of the molecule is CC(F)(F)CN1CCCC(n2ncc3c(=O)[nH]c(CC4CCC4)nc32)C1.CC(F)(F)CN1CCCC(n2ncc3c(=O)[nH]c(CC4CCCC4)nc32)C1.CC(F)CN1CCCC(n2ncc3c(=O)[nH]c(CC4CCCC4)nc32)C1.O=c1[nH]c(CC2CCCC2)nc2c1cnn2C1CCCCC1.O=c1[nH]c(CC2CCCC2)nc2c1cnn2C1CCNC1.O=c1[nH]c(CC2CCCC2)nc2c1cnn2C1CCNCC1. The monoisotopic (exact) mass is 1990 g/mol. The number of aromatic amines is 6. The normalized spacial score (nSPS) is 22.4. The summed E-state index contributed by atoms with van der Waals surface area (Å²) in [5.41, 5.74) is 3.62. The first-order valence-corrected chi connectivity index (χ1v) is 54.6. The number of piperidine rings is 4. The van der Waals surface area contributed by atoms with Crippen molar-refractivity contribution >= 4 is 66.2 Å². The molecule has 35 nitrogen and oxygen atoms in total. The first-order valence-electron chi connectivity index (χ1n) is 54.6. The van der Waals surface area contributed by atoms with Crippen molar-refractivity contribution in [1.29, 1.82) is 0 Å². The highest BCUT2D eigenvalue weighted by molar-refractivity contribution is 5.77. The lowest BCUT2D eigenvalue weighted by molar-refractivity contribution is -0.0244. The zero-order valence-corrected chi connectivity index (χ0v) is 84.3. The minimum Gasteiger partial charge on any atom is -0.317 e. The highest BCUT2D eigenvalue weighted by Crippen LogP contribution is 2.38. The molecule has 0 spiro atoms. The van der Waals surface area contributed by atoms with E-state index in [-0.39, 0.29) is 64.6 Å². The van der Waals surface area contributed by atoms with Crippen molar-refractivity contribution in [2.45, 2.75) is 351 Å². The fraction of sp³-hybridized carbons (Fsp3) is 0.712. The number of rotatable bonds is 24. The van der Waals surface area contributed by atoms with E-state index in [9.17, 15) is 50.7 Å². The van der Waals surface area contributed by atoms with E-state index in [1.165, 1.54) is 167 Å². The molecule has 5 atom stereocenters. The average molecular weight is 2000 g/mol. The molecule has 0 amide bonds. The summed E-state index contributed by atoms with van der Waals surface area (Å²) in [5.74, 6) is 3.15. The van der Waals surface area contributed by atoms with Crippen LogP contribution < -0.4 is 44.0 Å². The fourth-order valence-electron chi connectivity index (χ4n) is 25.0. The smallest absolute Gasteiger partial charge is 0.262 e. The summed E-state index contributed by atoms with van der Waals surface area (Å²) in [4.78, 5) is 126. The summed E-state index contributed by atoms with van der Waals surface area (Å²) in [6.07, 6.45) is 57.5. The summed E-state index contributed by atoms with van der Waals surface area (Å²) in [6, 6.07) is 1.17. The van der Waals surface area contributed by atoms with Crippen molar-refractivity contribution in [3.05, 3.63) is 134 Å². The Morgan fingerprint density at radius 1 is 0.292 bits per heavy atom. The highest BCUT2D eigenvalue weighted by Gasteiger charge is 2.37. The number of H-pyrrole nitrogens is 6. The topological polar surface area (TPSA) is 415 Å². The van der Waals surface area contributed by atoms with E-state index in [0.29, 0.717) is 147 Å².